The first-order chi connectivity index (χ1) is 12.8. The summed E-state index contributed by atoms with van der Waals surface area (Å²) in [5.74, 6) is 0. The van der Waals surface area contributed by atoms with Crippen LogP contribution >= 0.6 is 0 Å². The molecule has 0 aliphatic carbocycles. The number of hydrogen-bond donors (Lipinski definition) is 1. The standard InChI is InChI=1S/C17H22O3.3CO.Fe/c1-2-3-5-11-16(20-14-18)12-8-13-17(19)15-9-6-4-7-10-15;3*1-2;/h4,6-10,12-13,16-17,19H,2-3,5,11H2,1H3;;;;/q-1;;;;+2/t16-,17+;;;;/m0..../s1. The molecule has 2 atom stereocenters. The Kier molecular flexibility index (Phi) is 35.7. The van der Waals surface area contributed by atoms with Gasteiger partial charge in [0, 0.05) is 6.42 Å². The molecule has 0 saturated heterocycles. The Morgan fingerprint density at radius 2 is 1.63 bits per heavy atom. The average molecular weight is 414 g/mol. The molecule has 1 rings (SSSR count). The van der Waals surface area contributed by atoms with Crippen molar-refractivity contribution >= 4 is 6.47 Å². The number of benzene rings is 1. The molecule has 0 aliphatic rings. The average Bonchev–Trinajstić information content (AvgIpc) is 2.73. The summed E-state index contributed by atoms with van der Waals surface area (Å²) in [5, 5.41) is 9.95. The second-order valence-electron chi connectivity index (χ2n) is 4.67. The molecule has 3 radical (unpaired) electrons. The molecule has 7 heteroatoms. The zero-order valence-corrected chi connectivity index (χ0v) is 16.0. The first-order valence-electron chi connectivity index (χ1n) is 7.66. The van der Waals surface area contributed by atoms with Crippen LogP contribution in [0.5, 0.6) is 0 Å². The first-order valence-corrected chi connectivity index (χ1v) is 7.66. The molecule has 0 spiro atoms. The van der Waals surface area contributed by atoms with E-state index in [1.54, 1.807) is 19.3 Å². The van der Waals surface area contributed by atoms with E-state index in [4.69, 9.17) is 18.7 Å². The summed E-state index contributed by atoms with van der Waals surface area (Å²) in [6.45, 7) is 17.1. The number of aliphatic hydroxyl groups is 1. The number of hydrogen-bond acceptors (Lipinski definition) is 3. The minimum Gasteiger partial charge on any atom is 2.00 e. The van der Waals surface area contributed by atoms with Crippen molar-refractivity contribution in [1.82, 2.24) is 0 Å². The van der Waals surface area contributed by atoms with Crippen molar-refractivity contribution < 1.29 is 45.7 Å². The Labute approximate surface area is 172 Å². The Bertz CT molecular complexity index is 458. The fourth-order valence-corrected chi connectivity index (χ4v) is 1.91. The molecular formula is C20H22FeO6+. The van der Waals surface area contributed by atoms with Gasteiger partial charge in [0.15, 0.2) is 0 Å². The van der Waals surface area contributed by atoms with Gasteiger partial charge in [0.2, 0.25) is 0 Å². The number of carbonyl (C=O) groups excluding carboxylic acids is 1. The molecule has 0 amide bonds. The maximum atomic E-state index is 10.3. The van der Waals surface area contributed by atoms with Crippen LogP contribution in [0.25, 0.3) is 0 Å². The molecule has 0 aromatic heterocycles. The van der Waals surface area contributed by atoms with Crippen molar-refractivity contribution in [3.05, 3.63) is 75.1 Å². The molecule has 0 bridgehead atoms. The van der Waals surface area contributed by atoms with Gasteiger partial charge in [-0.05, 0) is 31.2 Å². The summed E-state index contributed by atoms with van der Waals surface area (Å²) in [5.41, 5.74) is 0.836. The zero-order chi connectivity index (χ0) is 20.6. The maximum absolute atomic E-state index is 10.3. The van der Waals surface area contributed by atoms with Gasteiger partial charge in [-0.15, -0.1) is 0 Å². The molecule has 1 aromatic carbocycles. The van der Waals surface area contributed by atoms with Gasteiger partial charge in [-0.25, -0.2) is 0 Å². The van der Waals surface area contributed by atoms with Crippen LogP contribution in [0.3, 0.4) is 0 Å². The van der Waals surface area contributed by atoms with Crippen molar-refractivity contribution in [1.29, 1.82) is 0 Å². The largest absolute Gasteiger partial charge is 2.00 e. The van der Waals surface area contributed by atoms with Crippen LogP contribution in [0.2, 0.25) is 0 Å². The quantitative estimate of drug-likeness (QED) is 0.260. The van der Waals surface area contributed by atoms with Crippen molar-refractivity contribution in [2.75, 3.05) is 0 Å². The van der Waals surface area contributed by atoms with Gasteiger partial charge in [-0.2, -0.15) is 0 Å². The van der Waals surface area contributed by atoms with Crippen molar-refractivity contribution in [2.45, 2.75) is 44.8 Å². The van der Waals surface area contributed by atoms with E-state index in [2.05, 4.69) is 26.9 Å². The van der Waals surface area contributed by atoms with Crippen LogP contribution in [-0.2, 0) is 40.6 Å². The second kappa shape index (κ2) is 29.2. The SMILES string of the molecule is CCCCC[C@@H]([CH][CH][CH][C@@H](O)c1ccccc1)O[C-]=O.[C-]#[O+].[C-]#[O+].[C-]#[O+].[Fe+2]. The van der Waals surface area contributed by atoms with Crippen LogP contribution in [-0.4, -0.2) is 17.7 Å². The number of rotatable bonds is 11. The molecule has 0 aliphatic heterocycles. The molecule has 0 fully saturated rings. The molecule has 1 aromatic rings. The fourth-order valence-electron chi connectivity index (χ4n) is 1.91. The number of unbranched alkanes of at least 4 members (excludes halogenated alkanes) is 2. The van der Waals surface area contributed by atoms with Crippen LogP contribution in [0.1, 0.15) is 44.3 Å². The minimum atomic E-state index is -0.649. The van der Waals surface area contributed by atoms with Crippen molar-refractivity contribution in [3.63, 3.8) is 0 Å². The predicted molar refractivity (Wildman–Crippen MR) is 90.8 cm³/mol. The third kappa shape index (κ3) is 20.6. The van der Waals surface area contributed by atoms with Gasteiger partial charge in [-0.3, -0.25) is 0 Å². The summed E-state index contributed by atoms with van der Waals surface area (Å²) in [7, 11) is 0. The zero-order valence-electron chi connectivity index (χ0n) is 14.9. The van der Waals surface area contributed by atoms with E-state index in [9.17, 15) is 9.90 Å². The van der Waals surface area contributed by atoms with Crippen LogP contribution in [0.4, 0.5) is 0 Å². The van der Waals surface area contributed by atoms with E-state index in [0.29, 0.717) is 0 Å². The Morgan fingerprint density at radius 1 is 1.07 bits per heavy atom. The van der Waals surface area contributed by atoms with Gasteiger partial charge in [0.1, 0.15) is 0 Å². The Morgan fingerprint density at radius 3 is 2.11 bits per heavy atom. The molecule has 0 heterocycles. The molecule has 0 saturated carbocycles. The van der Waals surface area contributed by atoms with Crippen LogP contribution in [0, 0.1) is 39.2 Å². The van der Waals surface area contributed by atoms with Gasteiger partial charge in [0.05, 0.1) is 12.2 Å². The van der Waals surface area contributed by atoms with Crippen LogP contribution < -0.4 is 0 Å². The second-order valence-corrected chi connectivity index (χ2v) is 4.67. The third-order valence-corrected chi connectivity index (χ3v) is 3.05. The van der Waals surface area contributed by atoms with E-state index in [-0.39, 0.29) is 23.2 Å². The van der Waals surface area contributed by atoms with E-state index in [0.717, 1.165) is 31.2 Å². The predicted octanol–water partition coefficient (Wildman–Crippen LogP) is 3.25. The molecule has 1 N–H and O–H groups in total. The molecule has 6 nitrogen and oxygen atoms in total. The summed E-state index contributed by atoms with van der Waals surface area (Å²) in [4.78, 5) is 10.3. The summed E-state index contributed by atoms with van der Waals surface area (Å²) in [6, 6.07) is 9.40. The first kappa shape index (κ1) is 33.0. The van der Waals surface area contributed by atoms with E-state index in [1.165, 1.54) is 6.47 Å². The molecule has 145 valence electrons. The van der Waals surface area contributed by atoms with Crippen LogP contribution in [0.15, 0.2) is 30.3 Å². The van der Waals surface area contributed by atoms with Crippen molar-refractivity contribution in [2.24, 2.45) is 0 Å². The maximum Gasteiger partial charge on any atom is 2.00 e. The van der Waals surface area contributed by atoms with Crippen molar-refractivity contribution in [3.8, 4) is 0 Å². The Balaban J connectivity index is -0.000000342. The topological polar surface area (TPSA) is 106 Å². The number of ether oxygens (including phenoxy) is 1. The molecular weight excluding hydrogens is 392 g/mol. The molecule has 27 heavy (non-hydrogen) atoms. The van der Waals surface area contributed by atoms with Gasteiger partial charge in [0.25, 0.3) is 0 Å². The fraction of sp³-hybridized carbons (Fsp3) is 0.350. The van der Waals surface area contributed by atoms with Gasteiger partial charge < -0.3 is 14.6 Å². The summed E-state index contributed by atoms with van der Waals surface area (Å²) < 4.78 is 27.4. The molecule has 0 unspecified atom stereocenters. The monoisotopic (exact) mass is 414 g/mol. The number of aliphatic hydroxyl groups excluding tert-OH is 1. The smallest absolute Gasteiger partial charge is 2.00 e. The summed E-state index contributed by atoms with van der Waals surface area (Å²) in [6.07, 6.45) is 8.32. The Hall–Kier alpha value is -1.61. The van der Waals surface area contributed by atoms with E-state index in [1.807, 2.05) is 30.3 Å². The van der Waals surface area contributed by atoms with E-state index >= 15 is 0 Å². The third-order valence-electron chi connectivity index (χ3n) is 3.05. The summed E-state index contributed by atoms with van der Waals surface area (Å²) >= 11 is 0. The van der Waals surface area contributed by atoms with Gasteiger partial charge >= 0.3 is 51.0 Å². The van der Waals surface area contributed by atoms with E-state index < -0.39 is 6.10 Å². The normalized spacial score (nSPS) is 10.4. The minimum absolute atomic E-state index is 0. The van der Waals surface area contributed by atoms with Gasteiger partial charge in [-0.1, -0.05) is 56.6 Å².